The second-order valence-corrected chi connectivity index (χ2v) is 3.84. The van der Waals surface area contributed by atoms with Crippen LogP contribution in [-0.2, 0) is 9.53 Å². The van der Waals surface area contributed by atoms with Gasteiger partial charge < -0.3 is 10.5 Å². The molecular formula is C13H12N2O3. The molecule has 1 aromatic carbocycles. The van der Waals surface area contributed by atoms with E-state index in [9.17, 15) is 9.59 Å². The first-order valence-corrected chi connectivity index (χ1v) is 5.44. The molecule has 5 heteroatoms. The van der Waals surface area contributed by atoms with Crippen LogP contribution in [0.15, 0.2) is 36.4 Å². The number of hydrogen-bond acceptors (Lipinski definition) is 4. The second kappa shape index (κ2) is 4.83. The van der Waals surface area contributed by atoms with E-state index in [-0.39, 0.29) is 5.69 Å². The number of primary amides is 1. The Kier molecular flexibility index (Phi) is 3.23. The molecule has 2 aromatic rings. The fourth-order valence-electron chi connectivity index (χ4n) is 1.46. The minimum absolute atomic E-state index is 0.154. The van der Waals surface area contributed by atoms with Gasteiger partial charge in [0.25, 0.3) is 5.91 Å². The van der Waals surface area contributed by atoms with Gasteiger partial charge in [-0.1, -0.05) is 24.3 Å². The maximum atomic E-state index is 11.7. The Morgan fingerprint density at radius 1 is 1.22 bits per heavy atom. The molecule has 2 N–H and O–H groups in total. The third-order valence-electron chi connectivity index (χ3n) is 2.49. The van der Waals surface area contributed by atoms with Gasteiger partial charge in [0.05, 0.1) is 5.52 Å². The number of carbonyl (C=O) groups excluding carboxylic acids is 2. The second-order valence-electron chi connectivity index (χ2n) is 3.84. The van der Waals surface area contributed by atoms with Gasteiger partial charge in [0, 0.05) is 5.39 Å². The molecule has 1 aromatic heterocycles. The van der Waals surface area contributed by atoms with Crippen LogP contribution >= 0.6 is 0 Å². The lowest BCUT2D eigenvalue weighted by Crippen LogP contribution is -2.30. The number of para-hydroxylation sites is 1. The van der Waals surface area contributed by atoms with Gasteiger partial charge in [0.2, 0.25) is 0 Å². The lowest BCUT2D eigenvalue weighted by molar-refractivity contribution is -0.125. The first-order valence-electron chi connectivity index (χ1n) is 5.44. The van der Waals surface area contributed by atoms with Crippen LogP contribution in [-0.4, -0.2) is 23.0 Å². The summed E-state index contributed by atoms with van der Waals surface area (Å²) in [6.45, 7) is 1.42. The number of pyridine rings is 1. The zero-order chi connectivity index (χ0) is 13.1. The van der Waals surface area contributed by atoms with Crippen molar-refractivity contribution in [3.05, 3.63) is 42.1 Å². The summed E-state index contributed by atoms with van der Waals surface area (Å²) in [6.07, 6.45) is -0.967. The van der Waals surface area contributed by atoms with Gasteiger partial charge in [0.15, 0.2) is 6.10 Å². The quantitative estimate of drug-likeness (QED) is 0.824. The van der Waals surface area contributed by atoms with Crippen molar-refractivity contribution in [2.45, 2.75) is 13.0 Å². The number of fused-ring (bicyclic) bond motifs is 1. The smallest absolute Gasteiger partial charge is 0.357 e. The zero-order valence-electron chi connectivity index (χ0n) is 9.79. The highest BCUT2D eigenvalue weighted by Crippen LogP contribution is 2.12. The highest BCUT2D eigenvalue weighted by atomic mass is 16.5. The van der Waals surface area contributed by atoms with Crippen LogP contribution in [0.2, 0.25) is 0 Å². The minimum atomic E-state index is -0.967. The summed E-state index contributed by atoms with van der Waals surface area (Å²) in [6, 6.07) is 10.7. The summed E-state index contributed by atoms with van der Waals surface area (Å²) < 4.78 is 4.87. The highest BCUT2D eigenvalue weighted by molar-refractivity contribution is 5.92. The molecule has 5 nitrogen and oxygen atoms in total. The van der Waals surface area contributed by atoms with Crippen molar-refractivity contribution in [3.63, 3.8) is 0 Å². The van der Waals surface area contributed by atoms with E-state index in [1.807, 2.05) is 18.2 Å². The summed E-state index contributed by atoms with van der Waals surface area (Å²) >= 11 is 0. The van der Waals surface area contributed by atoms with Crippen molar-refractivity contribution < 1.29 is 14.3 Å². The Morgan fingerprint density at radius 3 is 2.67 bits per heavy atom. The third kappa shape index (κ3) is 2.45. The molecule has 0 aliphatic heterocycles. The zero-order valence-corrected chi connectivity index (χ0v) is 9.79. The van der Waals surface area contributed by atoms with Crippen LogP contribution in [0, 0.1) is 0 Å². The van der Waals surface area contributed by atoms with Crippen LogP contribution in [0.1, 0.15) is 17.4 Å². The predicted octanol–water partition coefficient (Wildman–Crippen LogP) is 1.27. The van der Waals surface area contributed by atoms with Gasteiger partial charge in [-0.2, -0.15) is 0 Å². The van der Waals surface area contributed by atoms with Crippen molar-refractivity contribution >= 4 is 22.8 Å². The van der Waals surface area contributed by atoms with Gasteiger partial charge in [-0.15, -0.1) is 0 Å². The molecule has 1 atom stereocenters. The van der Waals surface area contributed by atoms with Crippen LogP contribution in [0.4, 0.5) is 0 Å². The van der Waals surface area contributed by atoms with E-state index >= 15 is 0 Å². The molecule has 18 heavy (non-hydrogen) atoms. The largest absolute Gasteiger partial charge is 0.448 e. The van der Waals surface area contributed by atoms with E-state index in [0.717, 1.165) is 5.39 Å². The summed E-state index contributed by atoms with van der Waals surface area (Å²) in [5, 5.41) is 0.928. The van der Waals surface area contributed by atoms with E-state index in [0.29, 0.717) is 5.52 Å². The number of amides is 1. The molecule has 1 heterocycles. The maximum Gasteiger partial charge on any atom is 0.357 e. The average Bonchev–Trinajstić information content (AvgIpc) is 2.37. The van der Waals surface area contributed by atoms with E-state index in [2.05, 4.69) is 4.98 Å². The predicted molar refractivity (Wildman–Crippen MR) is 65.8 cm³/mol. The first kappa shape index (κ1) is 12.0. The fraction of sp³-hybridized carbons (Fsp3) is 0.154. The molecule has 0 saturated heterocycles. The monoisotopic (exact) mass is 244 g/mol. The highest BCUT2D eigenvalue weighted by Gasteiger charge is 2.17. The first-order chi connectivity index (χ1) is 8.58. The number of aromatic nitrogens is 1. The van der Waals surface area contributed by atoms with Crippen LogP contribution in [0.25, 0.3) is 10.9 Å². The minimum Gasteiger partial charge on any atom is -0.448 e. The number of rotatable bonds is 3. The van der Waals surface area contributed by atoms with Crippen LogP contribution in [0.5, 0.6) is 0 Å². The van der Waals surface area contributed by atoms with Crippen molar-refractivity contribution in [3.8, 4) is 0 Å². The van der Waals surface area contributed by atoms with Gasteiger partial charge in [-0.25, -0.2) is 9.78 Å². The number of carbonyl (C=O) groups is 2. The third-order valence-corrected chi connectivity index (χ3v) is 2.49. The lowest BCUT2D eigenvalue weighted by Gasteiger charge is -2.09. The molecule has 0 saturated carbocycles. The Hall–Kier alpha value is -2.43. The molecule has 1 amide bonds. The molecule has 0 spiro atoms. The Balaban J connectivity index is 2.25. The summed E-state index contributed by atoms with van der Waals surface area (Å²) in [5.74, 6) is -1.35. The topological polar surface area (TPSA) is 82.3 Å². The van der Waals surface area contributed by atoms with Gasteiger partial charge >= 0.3 is 5.97 Å². The Morgan fingerprint density at radius 2 is 1.94 bits per heavy atom. The van der Waals surface area contributed by atoms with Crippen LogP contribution in [0.3, 0.4) is 0 Å². The number of ether oxygens (including phenoxy) is 1. The molecule has 92 valence electrons. The number of esters is 1. The Labute approximate surface area is 104 Å². The van der Waals surface area contributed by atoms with Gasteiger partial charge in [0.1, 0.15) is 5.69 Å². The molecule has 0 unspecified atom stereocenters. The molecule has 0 aliphatic carbocycles. The standard InChI is InChI=1S/C13H12N2O3/c1-8(12(14)16)18-13(17)11-7-6-9-4-2-3-5-10(9)15-11/h2-8H,1H3,(H2,14,16)/t8-/m1/s1. The van der Waals surface area contributed by atoms with Crippen molar-refractivity contribution in [2.75, 3.05) is 0 Å². The number of benzene rings is 1. The Bertz CT molecular complexity index is 610. The maximum absolute atomic E-state index is 11.7. The summed E-state index contributed by atoms with van der Waals surface area (Å²) in [4.78, 5) is 26.7. The normalized spacial score (nSPS) is 12.1. The number of nitrogens with zero attached hydrogens (tertiary/aromatic N) is 1. The molecule has 0 bridgehead atoms. The van der Waals surface area contributed by atoms with E-state index < -0.39 is 18.0 Å². The van der Waals surface area contributed by atoms with Gasteiger partial charge in [-0.3, -0.25) is 4.79 Å². The summed E-state index contributed by atoms with van der Waals surface area (Å²) in [5.41, 5.74) is 5.86. The SMILES string of the molecule is C[C@@H](OC(=O)c1ccc2ccccc2n1)C(N)=O. The van der Waals surface area contributed by atoms with Crippen molar-refractivity contribution in [1.29, 1.82) is 0 Å². The average molecular weight is 244 g/mol. The van der Waals surface area contributed by atoms with Gasteiger partial charge in [-0.05, 0) is 19.1 Å². The lowest BCUT2D eigenvalue weighted by atomic mass is 10.2. The molecule has 0 radical (unpaired) electrons. The van der Waals surface area contributed by atoms with E-state index in [1.54, 1.807) is 18.2 Å². The molecule has 2 rings (SSSR count). The number of nitrogens with two attached hydrogens (primary N) is 1. The number of hydrogen-bond donors (Lipinski definition) is 1. The molecular weight excluding hydrogens is 232 g/mol. The van der Waals surface area contributed by atoms with Crippen molar-refractivity contribution in [2.24, 2.45) is 5.73 Å². The van der Waals surface area contributed by atoms with E-state index in [4.69, 9.17) is 10.5 Å². The fourth-order valence-corrected chi connectivity index (χ4v) is 1.46. The van der Waals surface area contributed by atoms with Crippen molar-refractivity contribution in [1.82, 2.24) is 4.98 Å². The summed E-state index contributed by atoms with van der Waals surface area (Å²) in [7, 11) is 0. The molecule has 0 aliphatic rings. The van der Waals surface area contributed by atoms with E-state index in [1.165, 1.54) is 6.92 Å². The molecule has 0 fully saturated rings. The van der Waals surface area contributed by atoms with Crippen LogP contribution < -0.4 is 5.73 Å².